The molecule has 4 rings (SSSR count). The Kier molecular flexibility index (Phi) is 6.16. The smallest absolute Gasteiger partial charge is 0.191 e. The van der Waals surface area contributed by atoms with Crippen molar-refractivity contribution in [3.8, 4) is 11.5 Å². The van der Waals surface area contributed by atoms with Crippen LogP contribution in [0.1, 0.15) is 11.8 Å². The number of thioether (sulfide) groups is 1. The minimum absolute atomic E-state index is 0.0323. The van der Waals surface area contributed by atoms with E-state index in [-0.39, 0.29) is 12.3 Å². The van der Waals surface area contributed by atoms with Gasteiger partial charge in [-0.15, -0.1) is 0 Å². The normalized spacial score (nSPS) is 23.4. The Morgan fingerprint density at radius 1 is 1.26 bits per heavy atom. The number of aromatic hydroxyl groups is 1. The summed E-state index contributed by atoms with van der Waals surface area (Å²) >= 11 is 1.32. The molecule has 0 unspecified atom stereocenters. The number of para-hydroxylation sites is 1. The molecule has 4 atom stereocenters. The molecule has 1 saturated heterocycles. The largest absolute Gasteiger partial charge is 0.504 e. The number of anilines is 1. The summed E-state index contributed by atoms with van der Waals surface area (Å²) in [4.78, 5) is 13.3. The minimum atomic E-state index is -1.26. The Balaban J connectivity index is 1.68. The monoisotopic (exact) mass is 449 g/mol. The van der Waals surface area contributed by atoms with Crippen LogP contribution < -0.4 is 10.1 Å². The predicted octanol–water partition coefficient (Wildman–Crippen LogP) is 0.486. The van der Waals surface area contributed by atoms with Gasteiger partial charge in [0.15, 0.2) is 39.9 Å². The minimum Gasteiger partial charge on any atom is -0.504 e. The molecule has 1 aliphatic rings. The van der Waals surface area contributed by atoms with Gasteiger partial charge in [0.2, 0.25) is 0 Å². The van der Waals surface area contributed by atoms with Crippen LogP contribution >= 0.6 is 11.8 Å². The third-order valence-corrected chi connectivity index (χ3v) is 5.67. The van der Waals surface area contributed by atoms with Gasteiger partial charge in [0.25, 0.3) is 0 Å². The third kappa shape index (κ3) is 3.88. The van der Waals surface area contributed by atoms with Crippen molar-refractivity contribution >= 4 is 28.7 Å². The van der Waals surface area contributed by atoms with Gasteiger partial charge in [-0.05, 0) is 12.3 Å². The second kappa shape index (κ2) is 8.85. The average Bonchev–Trinajstić information content (AvgIpc) is 3.33. The predicted molar refractivity (Wildman–Crippen MR) is 112 cm³/mol. The summed E-state index contributed by atoms with van der Waals surface area (Å²) in [5.74, 6) is 0.831. The highest BCUT2D eigenvalue weighted by atomic mass is 32.2. The number of imidazole rings is 1. The van der Waals surface area contributed by atoms with Crippen LogP contribution in [0.15, 0.2) is 29.7 Å². The van der Waals surface area contributed by atoms with Crippen LogP contribution in [-0.2, 0) is 11.3 Å². The molecule has 166 valence electrons. The zero-order valence-electron chi connectivity index (χ0n) is 16.8. The van der Waals surface area contributed by atoms with Gasteiger partial charge < -0.3 is 35.2 Å². The van der Waals surface area contributed by atoms with Gasteiger partial charge in [0.1, 0.15) is 18.3 Å². The molecule has 5 N–H and O–H groups in total. The van der Waals surface area contributed by atoms with Crippen LogP contribution in [0.2, 0.25) is 0 Å². The highest BCUT2D eigenvalue weighted by Crippen LogP contribution is 2.34. The van der Waals surface area contributed by atoms with E-state index in [1.165, 1.54) is 29.8 Å². The van der Waals surface area contributed by atoms with Crippen LogP contribution in [-0.4, -0.2) is 78.2 Å². The van der Waals surface area contributed by atoms with Crippen LogP contribution in [0, 0.1) is 0 Å². The lowest BCUT2D eigenvalue weighted by Crippen LogP contribution is -2.33. The molecule has 12 heteroatoms. The Morgan fingerprint density at radius 2 is 2.06 bits per heavy atom. The number of methoxy groups -OCH3 is 1. The van der Waals surface area contributed by atoms with Gasteiger partial charge in [-0.25, -0.2) is 15.0 Å². The molecule has 0 spiro atoms. The Morgan fingerprint density at radius 3 is 2.74 bits per heavy atom. The number of phenols is 1. The first-order valence-corrected chi connectivity index (χ1v) is 10.7. The first kappa shape index (κ1) is 21.6. The topological polar surface area (TPSA) is 155 Å². The van der Waals surface area contributed by atoms with Crippen molar-refractivity contribution in [1.29, 1.82) is 0 Å². The van der Waals surface area contributed by atoms with Crippen LogP contribution in [0.5, 0.6) is 11.5 Å². The number of ether oxygens (including phenoxy) is 2. The number of hydrogen-bond acceptors (Lipinski definition) is 11. The average molecular weight is 449 g/mol. The maximum atomic E-state index is 10.4. The molecule has 1 aliphatic heterocycles. The summed E-state index contributed by atoms with van der Waals surface area (Å²) in [7, 11) is 1.48. The van der Waals surface area contributed by atoms with Gasteiger partial charge in [0, 0.05) is 12.1 Å². The summed E-state index contributed by atoms with van der Waals surface area (Å²) in [5, 5.41) is 43.8. The number of aliphatic hydroxyl groups excluding tert-OH is 3. The lowest BCUT2D eigenvalue weighted by molar-refractivity contribution is -0.0511. The highest BCUT2D eigenvalue weighted by molar-refractivity contribution is 7.98. The number of hydrogen-bond donors (Lipinski definition) is 5. The van der Waals surface area contributed by atoms with E-state index < -0.39 is 31.1 Å². The van der Waals surface area contributed by atoms with Gasteiger partial charge in [-0.1, -0.05) is 23.9 Å². The van der Waals surface area contributed by atoms with Crippen molar-refractivity contribution in [2.45, 2.75) is 36.2 Å². The maximum Gasteiger partial charge on any atom is 0.191 e. The van der Waals surface area contributed by atoms with Crippen molar-refractivity contribution in [3.63, 3.8) is 0 Å². The molecule has 0 amide bonds. The second-order valence-corrected chi connectivity index (χ2v) is 7.71. The number of nitrogens with one attached hydrogen (secondary N) is 1. The van der Waals surface area contributed by atoms with E-state index in [1.807, 2.05) is 6.26 Å². The number of aliphatic hydroxyl groups is 3. The fourth-order valence-corrected chi connectivity index (χ4v) is 3.82. The quantitative estimate of drug-likeness (QED) is 0.253. The molecule has 1 fully saturated rings. The van der Waals surface area contributed by atoms with Gasteiger partial charge in [-0.2, -0.15) is 0 Å². The van der Waals surface area contributed by atoms with Gasteiger partial charge in [0.05, 0.1) is 20.0 Å². The van der Waals surface area contributed by atoms with Crippen LogP contribution in [0.3, 0.4) is 0 Å². The third-order valence-electron chi connectivity index (χ3n) is 5.12. The van der Waals surface area contributed by atoms with Gasteiger partial charge >= 0.3 is 0 Å². The number of benzene rings is 1. The zero-order chi connectivity index (χ0) is 22.1. The summed E-state index contributed by atoms with van der Waals surface area (Å²) in [6.07, 6.45) is -1.09. The Bertz CT molecular complexity index is 1080. The standard InChI is InChI=1S/C19H23N5O6S/c1-29-10-5-3-4-9(13(10)26)6-20-16-12-17(23-19(22-16)31-2)24(8-21-12)18-15(28)14(27)11(7-25)30-18/h3-5,8,11,14-15,18,25-28H,6-7H2,1-2H3,(H,20,22,23)/t11-,14-,15-,18-/m1/s1. The Labute approximate surface area is 181 Å². The number of fused-ring (bicyclic) bond motifs is 1. The van der Waals surface area contributed by atoms with E-state index in [0.29, 0.717) is 33.5 Å². The second-order valence-electron chi connectivity index (χ2n) is 6.93. The molecule has 0 bridgehead atoms. The van der Waals surface area contributed by atoms with E-state index in [9.17, 15) is 20.4 Å². The number of rotatable bonds is 7. The van der Waals surface area contributed by atoms with Crippen LogP contribution in [0.4, 0.5) is 5.82 Å². The molecule has 0 radical (unpaired) electrons. The fourth-order valence-electron chi connectivity index (χ4n) is 3.46. The molecular weight excluding hydrogens is 426 g/mol. The van der Waals surface area contributed by atoms with E-state index in [0.717, 1.165) is 0 Å². The highest BCUT2D eigenvalue weighted by Gasteiger charge is 2.44. The van der Waals surface area contributed by atoms with E-state index in [1.54, 1.807) is 18.2 Å². The molecule has 0 saturated carbocycles. The fraction of sp³-hybridized carbons (Fsp3) is 0.421. The van der Waals surface area contributed by atoms with E-state index in [2.05, 4.69) is 20.3 Å². The summed E-state index contributed by atoms with van der Waals surface area (Å²) in [6, 6.07) is 5.20. The number of phenolic OH excluding ortho intramolecular Hbond substituents is 1. The molecule has 1 aromatic carbocycles. The zero-order valence-corrected chi connectivity index (χ0v) is 17.7. The molecule has 31 heavy (non-hydrogen) atoms. The van der Waals surface area contributed by atoms with Crippen molar-refractivity contribution in [1.82, 2.24) is 19.5 Å². The SMILES string of the molecule is COc1cccc(CNc2nc(SC)nc3c2ncn3[C@@H]2O[C@H](CO)[C@@H](O)[C@H]2O)c1O. The summed E-state index contributed by atoms with van der Waals surface area (Å²) in [6.45, 7) is -0.174. The van der Waals surface area contributed by atoms with Crippen molar-refractivity contribution in [2.75, 3.05) is 25.3 Å². The molecular formula is C19H23N5O6S. The first-order chi connectivity index (χ1) is 15.0. The van der Waals surface area contributed by atoms with Gasteiger partial charge in [-0.3, -0.25) is 4.57 Å². The molecule has 3 heterocycles. The summed E-state index contributed by atoms with van der Waals surface area (Å²) < 4.78 is 12.3. The molecule has 2 aromatic heterocycles. The molecule has 0 aliphatic carbocycles. The Hall–Kier alpha value is -2.64. The first-order valence-electron chi connectivity index (χ1n) is 9.48. The maximum absolute atomic E-state index is 10.4. The van der Waals surface area contributed by atoms with E-state index in [4.69, 9.17) is 9.47 Å². The number of aromatic nitrogens is 4. The van der Waals surface area contributed by atoms with E-state index >= 15 is 0 Å². The van der Waals surface area contributed by atoms with Crippen molar-refractivity contribution < 1.29 is 29.9 Å². The van der Waals surface area contributed by atoms with Crippen molar-refractivity contribution in [3.05, 3.63) is 30.1 Å². The summed E-state index contributed by atoms with van der Waals surface area (Å²) in [5.41, 5.74) is 1.43. The molecule has 3 aromatic rings. The number of nitrogens with zero attached hydrogens (tertiary/aromatic N) is 4. The molecule has 11 nitrogen and oxygen atoms in total. The van der Waals surface area contributed by atoms with Crippen LogP contribution in [0.25, 0.3) is 11.2 Å². The lowest BCUT2D eigenvalue weighted by atomic mass is 10.1. The lowest BCUT2D eigenvalue weighted by Gasteiger charge is -2.17. The van der Waals surface area contributed by atoms with Crippen molar-refractivity contribution in [2.24, 2.45) is 0 Å².